The summed E-state index contributed by atoms with van der Waals surface area (Å²) in [4.78, 5) is 10.9. The van der Waals surface area contributed by atoms with Crippen molar-refractivity contribution < 1.29 is 21.9 Å². The second-order valence-electron chi connectivity index (χ2n) is 3.33. The lowest BCUT2D eigenvalue weighted by molar-refractivity contribution is -0.165. The summed E-state index contributed by atoms with van der Waals surface area (Å²) in [5.41, 5.74) is 2.28. The van der Waals surface area contributed by atoms with Crippen LogP contribution in [0.25, 0.3) is 0 Å². The van der Waals surface area contributed by atoms with Gasteiger partial charge in [-0.15, -0.1) is 0 Å². The number of hydrogen-bond acceptors (Lipinski definition) is 5. The molecular formula is C5H10N2O5S. The smallest absolute Gasteiger partial charge is 0.342 e. The van der Waals surface area contributed by atoms with Gasteiger partial charge in [0.25, 0.3) is 5.91 Å². The van der Waals surface area contributed by atoms with Gasteiger partial charge in [-0.05, 0) is 13.8 Å². The van der Waals surface area contributed by atoms with Gasteiger partial charge in [-0.3, -0.25) is 15.1 Å². The predicted molar refractivity (Wildman–Crippen MR) is 41.8 cm³/mol. The van der Waals surface area contributed by atoms with E-state index >= 15 is 0 Å². The van der Waals surface area contributed by atoms with Crippen molar-refractivity contribution in [2.45, 2.75) is 25.1 Å². The minimum Gasteiger partial charge on any atom is -0.342 e. The third-order valence-corrected chi connectivity index (χ3v) is 2.40. The van der Waals surface area contributed by atoms with Crippen molar-refractivity contribution in [1.29, 1.82) is 0 Å². The van der Waals surface area contributed by atoms with Crippen molar-refractivity contribution in [3.05, 3.63) is 0 Å². The zero-order valence-corrected chi connectivity index (χ0v) is 7.88. The zero-order chi connectivity index (χ0) is 10.5. The highest BCUT2D eigenvalue weighted by Gasteiger charge is 2.62. The first kappa shape index (κ1) is 10.4. The van der Waals surface area contributed by atoms with Gasteiger partial charge < -0.3 is 5.32 Å². The number of hydrogen-bond donors (Lipinski definition) is 3. The van der Waals surface area contributed by atoms with Gasteiger partial charge in [0.2, 0.25) is 5.72 Å². The number of amides is 1. The Balaban J connectivity index is 2.95. The topological polar surface area (TPSA) is 119 Å². The molecule has 0 aromatic carbocycles. The summed E-state index contributed by atoms with van der Waals surface area (Å²) in [6, 6.07) is 0. The van der Waals surface area contributed by atoms with Crippen molar-refractivity contribution in [1.82, 2.24) is 5.32 Å². The van der Waals surface area contributed by atoms with Crippen LogP contribution in [-0.2, 0) is 19.4 Å². The fraction of sp³-hybridized carbons (Fsp3) is 0.800. The van der Waals surface area contributed by atoms with Gasteiger partial charge in [-0.2, -0.15) is 8.42 Å². The molecule has 7 nitrogen and oxygen atoms in total. The van der Waals surface area contributed by atoms with Crippen LogP contribution in [0.5, 0.6) is 0 Å². The molecule has 0 radical (unpaired) electrons. The van der Waals surface area contributed by atoms with E-state index in [2.05, 4.69) is 9.50 Å². The Labute approximate surface area is 75.2 Å². The molecule has 1 rings (SSSR count). The molecule has 0 aromatic heterocycles. The highest BCUT2D eigenvalue weighted by Crippen LogP contribution is 2.31. The molecule has 8 heteroatoms. The Morgan fingerprint density at radius 2 is 2.00 bits per heavy atom. The quantitative estimate of drug-likeness (QED) is 0.286. The van der Waals surface area contributed by atoms with Crippen LogP contribution in [-0.4, -0.2) is 30.1 Å². The summed E-state index contributed by atoms with van der Waals surface area (Å²) < 4.78 is 33.1. The molecule has 0 bridgehead atoms. The van der Waals surface area contributed by atoms with E-state index in [9.17, 15) is 13.2 Å². The van der Waals surface area contributed by atoms with Crippen LogP contribution < -0.4 is 11.1 Å². The summed E-state index contributed by atoms with van der Waals surface area (Å²) in [7, 11) is -4.73. The summed E-state index contributed by atoms with van der Waals surface area (Å²) in [5, 5.41) is 2.33. The van der Waals surface area contributed by atoms with Crippen LogP contribution in [0.15, 0.2) is 0 Å². The number of carbonyl (C=O) groups excluding carboxylic acids is 1. The fourth-order valence-corrected chi connectivity index (χ4v) is 1.62. The van der Waals surface area contributed by atoms with Crippen LogP contribution in [0.4, 0.5) is 0 Å². The van der Waals surface area contributed by atoms with Crippen LogP contribution in [0.1, 0.15) is 13.8 Å². The van der Waals surface area contributed by atoms with E-state index in [1.165, 1.54) is 13.8 Å². The van der Waals surface area contributed by atoms with Gasteiger partial charge in [-0.25, -0.2) is 4.18 Å². The van der Waals surface area contributed by atoms with Crippen molar-refractivity contribution in [2.24, 2.45) is 5.73 Å². The minimum atomic E-state index is -4.73. The van der Waals surface area contributed by atoms with Crippen LogP contribution >= 0.6 is 0 Å². The van der Waals surface area contributed by atoms with Crippen molar-refractivity contribution in [3.8, 4) is 0 Å². The third kappa shape index (κ3) is 1.53. The SMILES string of the molecule is CC1(C)NC(=O)[C@@]1(N)OS(=O)(=O)O. The molecule has 0 aromatic rings. The van der Waals surface area contributed by atoms with Gasteiger partial charge in [-0.1, -0.05) is 0 Å². The Kier molecular flexibility index (Phi) is 1.93. The van der Waals surface area contributed by atoms with Crippen LogP contribution in [0, 0.1) is 0 Å². The molecule has 0 unspecified atom stereocenters. The summed E-state index contributed by atoms with van der Waals surface area (Å²) in [6.45, 7) is 2.94. The molecule has 0 aliphatic carbocycles. The minimum absolute atomic E-state index is 0.782. The van der Waals surface area contributed by atoms with Crippen LogP contribution in [0.2, 0.25) is 0 Å². The second kappa shape index (κ2) is 2.41. The highest BCUT2D eigenvalue weighted by atomic mass is 32.3. The first-order chi connectivity index (χ1) is 5.58. The van der Waals surface area contributed by atoms with Gasteiger partial charge in [0.1, 0.15) is 0 Å². The first-order valence-electron chi connectivity index (χ1n) is 3.38. The standard InChI is InChI=1S/C5H10N2O5S/c1-4(2)5(6,3(8)7-4)12-13(9,10)11/h6H2,1-2H3,(H,7,8)(H,9,10,11)/t5-/m1/s1. The third-order valence-electron chi connectivity index (χ3n) is 1.93. The largest absolute Gasteiger partial charge is 0.399 e. The summed E-state index contributed by atoms with van der Waals surface area (Å²) >= 11 is 0. The second-order valence-corrected chi connectivity index (χ2v) is 4.35. The molecule has 1 aliphatic rings. The highest BCUT2D eigenvalue weighted by molar-refractivity contribution is 7.81. The average Bonchev–Trinajstić information content (AvgIpc) is 1.82. The van der Waals surface area contributed by atoms with E-state index in [-0.39, 0.29) is 0 Å². The lowest BCUT2D eigenvalue weighted by atomic mass is 9.82. The molecular weight excluding hydrogens is 200 g/mol. The fourth-order valence-electron chi connectivity index (χ4n) is 0.999. The van der Waals surface area contributed by atoms with Gasteiger partial charge >= 0.3 is 10.4 Å². The Bertz CT molecular complexity index is 348. The lowest BCUT2D eigenvalue weighted by Crippen LogP contribution is -2.84. The van der Waals surface area contributed by atoms with E-state index in [4.69, 9.17) is 10.3 Å². The Hall–Kier alpha value is -0.700. The van der Waals surface area contributed by atoms with E-state index < -0.39 is 27.6 Å². The number of nitrogens with one attached hydrogen (secondary N) is 1. The maximum absolute atomic E-state index is 10.9. The van der Waals surface area contributed by atoms with Gasteiger partial charge in [0.05, 0.1) is 5.54 Å². The van der Waals surface area contributed by atoms with Gasteiger partial charge in [0, 0.05) is 0 Å². The van der Waals surface area contributed by atoms with Crippen molar-refractivity contribution in [2.75, 3.05) is 0 Å². The van der Waals surface area contributed by atoms with E-state index in [1.54, 1.807) is 0 Å². The average molecular weight is 210 g/mol. The monoisotopic (exact) mass is 210 g/mol. The molecule has 1 fully saturated rings. The Morgan fingerprint density at radius 1 is 1.54 bits per heavy atom. The van der Waals surface area contributed by atoms with E-state index in [0.29, 0.717) is 0 Å². The molecule has 0 spiro atoms. The first-order valence-corrected chi connectivity index (χ1v) is 4.74. The summed E-state index contributed by atoms with van der Waals surface area (Å²) in [5.74, 6) is -0.782. The van der Waals surface area contributed by atoms with Crippen molar-refractivity contribution in [3.63, 3.8) is 0 Å². The number of rotatable bonds is 2. The zero-order valence-electron chi connectivity index (χ0n) is 7.07. The number of carbonyl (C=O) groups is 1. The van der Waals surface area contributed by atoms with Crippen LogP contribution in [0.3, 0.4) is 0 Å². The van der Waals surface area contributed by atoms with E-state index in [0.717, 1.165) is 0 Å². The number of β-lactam (4-membered cyclic amide) rings is 1. The lowest BCUT2D eigenvalue weighted by Gasteiger charge is -2.50. The van der Waals surface area contributed by atoms with Gasteiger partial charge in [0.15, 0.2) is 0 Å². The predicted octanol–water partition coefficient (Wildman–Crippen LogP) is -1.63. The normalized spacial score (nSPS) is 32.2. The molecule has 4 N–H and O–H groups in total. The number of nitrogens with two attached hydrogens (primary N) is 1. The molecule has 1 heterocycles. The molecule has 13 heavy (non-hydrogen) atoms. The Morgan fingerprint density at radius 3 is 2.15 bits per heavy atom. The maximum Gasteiger partial charge on any atom is 0.399 e. The molecule has 0 saturated carbocycles. The summed E-state index contributed by atoms with van der Waals surface area (Å²) in [6.07, 6.45) is 0. The molecule has 1 atom stereocenters. The van der Waals surface area contributed by atoms with E-state index in [1.807, 2.05) is 0 Å². The molecule has 1 amide bonds. The molecule has 1 saturated heterocycles. The van der Waals surface area contributed by atoms with Crippen molar-refractivity contribution >= 4 is 16.3 Å². The molecule has 76 valence electrons. The molecule has 1 aliphatic heterocycles. The maximum atomic E-state index is 10.9.